The van der Waals surface area contributed by atoms with Crippen molar-refractivity contribution in [1.29, 1.82) is 0 Å². The highest BCUT2D eigenvalue weighted by Crippen LogP contribution is 2.28. The van der Waals surface area contributed by atoms with E-state index in [1.165, 1.54) is 6.07 Å². The molecule has 1 rings (SSSR count). The van der Waals surface area contributed by atoms with E-state index in [2.05, 4.69) is 0 Å². The molecule has 0 aliphatic rings. The normalized spacial score (nSPS) is 12.0. The van der Waals surface area contributed by atoms with Gasteiger partial charge >= 0.3 is 0 Å². The van der Waals surface area contributed by atoms with E-state index in [9.17, 15) is 14.9 Å². The molecule has 0 fully saturated rings. The Bertz CT molecular complexity index is 482. The highest BCUT2D eigenvalue weighted by molar-refractivity contribution is 5.82. The van der Waals surface area contributed by atoms with Gasteiger partial charge in [0.2, 0.25) is 0 Å². The van der Waals surface area contributed by atoms with Gasteiger partial charge in [0.25, 0.3) is 5.69 Å². The Kier molecular flexibility index (Phi) is 4.42. The smallest absolute Gasteiger partial charge is 0.276 e. The second-order valence-corrected chi connectivity index (χ2v) is 4.24. The molecule has 0 aromatic heterocycles. The van der Waals surface area contributed by atoms with Gasteiger partial charge in [0.15, 0.2) is 11.9 Å². The van der Waals surface area contributed by atoms with Crippen LogP contribution in [-0.4, -0.2) is 16.8 Å². The largest absolute Gasteiger partial charge is 0.482 e. The minimum Gasteiger partial charge on any atom is -0.482 e. The third-order valence-corrected chi connectivity index (χ3v) is 2.80. The maximum absolute atomic E-state index is 11.5. The SMILES string of the molecule is CCC(=O)C(C)Oc1cc([N+](=O)[O-])c(C)cc1C. The van der Waals surface area contributed by atoms with Gasteiger partial charge in [-0.15, -0.1) is 0 Å². The van der Waals surface area contributed by atoms with E-state index < -0.39 is 11.0 Å². The fourth-order valence-corrected chi connectivity index (χ4v) is 1.69. The van der Waals surface area contributed by atoms with Crippen molar-refractivity contribution >= 4 is 11.5 Å². The summed E-state index contributed by atoms with van der Waals surface area (Å²) >= 11 is 0. The zero-order chi connectivity index (χ0) is 13.9. The van der Waals surface area contributed by atoms with Gasteiger partial charge in [-0.25, -0.2) is 0 Å². The molecule has 5 nitrogen and oxygen atoms in total. The van der Waals surface area contributed by atoms with Crippen molar-refractivity contribution in [2.75, 3.05) is 0 Å². The Hall–Kier alpha value is -1.91. The first-order valence-corrected chi connectivity index (χ1v) is 5.81. The molecule has 0 saturated heterocycles. The topological polar surface area (TPSA) is 69.4 Å². The summed E-state index contributed by atoms with van der Waals surface area (Å²) in [6.45, 7) is 6.88. The van der Waals surface area contributed by atoms with Crippen molar-refractivity contribution in [3.63, 3.8) is 0 Å². The molecule has 0 saturated carbocycles. The van der Waals surface area contributed by atoms with Crippen LogP contribution in [0.15, 0.2) is 12.1 Å². The Morgan fingerprint density at radius 2 is 2.00 bits per heavy atom. The van der Waals surface area contributed by atoms with Gasteiger partial charge in [-0.1, -0.05) is 6.92 Å². The summed E-state index contributed by atoms with van der Waals surface area (Å²) in [6, 6.07) is 3.07. The van der Waals surface area contributed by atoms with E-state index in [4.69, 9.17) is 4.74 Å². The van der Waals surface area contributed by atoms with E-state index in [-0.39, 0.29) is 11.5 Å². The van der Waals surface area contributed by atoms with Crippen molar-refractivity contribution in [2.24, 2.45) is 0 Å². The van der Waals surface area contributed by atoms with Crippen molar-refractivity contribution in [2.45, 2.75) is 40.2 Å². The number of carbonyl (C=O) groups excluding carboxylic acids is 1. The quantitative estimate of drug-likeness (QED) is 0.596. The van der Waals surface area contributed by atoms with Crippen LogP contribution >= 0.6 is 0 Å². The number of nitro groups is 1. The van der Waals surface area contributed by atoms with Crippen molar-refractivity contribution in [3.8, 4) is 5.75 Å². The van der Waals surface area contributed by atoms with Gasteiger partial charge in [0.1, 0.15) is 5.75 Å². The zero-order valence-corrected chi connectivity index (χ0v) is 11.0. The lowest BCUT2D eigenvalue weighted by Gasteiger charge is -2.15. The summed E-state index contributed by atoms with van der Waals surface area (Å²) in [5.74, 6) is 0.360. The molecular weight excluding hydrogens is 234 g/mol. The number of nitro benzene ring substituents is 1. The van der Waals surface area contributed by atoms with Gasteiger partial charge in [0.05, 0.1) is 11.0 Å². The first-order valence-electron chi connectivity index (χ1n) is 5.81. The average Bonchev–Trinajstić information content (AvgIpc) is 2.30. The fraction of sp³-hybridized carbons (Fsp3) is 0.462. The van der Waals surface area contributed by atoms with Crippen LogP contribution in [0.4, 0.5) is 5.69 Å². The second kappa shape index (κ2) is 5.62. The lowest BCUT2D eigenvalue weighted by molar-refractivity contribution is -0.385. The molecule has 5 heteroatoms. The van der Waals surface area contributed by atoms with Crippen LogP contribution < -0.4 is 4.74 Å². The average molecular weight is 251 g/mol. The number of Topliss-reactive ketones (excluding diaryl/α,β-unsaturated/α-hetero) is 1. The monoisotopic (exact) mass is 251 g/mol. The highest BCUT2D eigenvalue weighted by Gasteiger charge is 2.18. The summed E-state index contributed by atoms with van der Waals surface area (Å²) in [5, 5.41) is 10.8. The first-order chi connectivity index (χ1) is 8.36. The zero-order valence-electron chi connectivity index (χ0n) is 11.0. The lowest BCUT2D eigenvalue weighted by atomic mass is 10.1. The van der Waals surface area contributed by atoms with Crippen molar-refractivity contribution in [3.05, 3.63) is 33.4 Å². The molecule has 1 unspecified atom stereocenters. The number of benzene rings is 1. The summed E-state index contributed by atoms with van der Waals surface area (Å²) in [7, 11) is 0. The van der Waals surface area contributed by atoms with Gasteiger partial charge in [-0.05, 0) is 32.4 Å². The number of ketones is 1. The van der Waals surface area contributed by atoms with E-state index in [1.54, 1.807) is 33.8 Å². The van der Waals surface area contributed by atoms with E-state index in [0.29, 0.717) is 17.7 Å². The molecular formula is C13H17NO4. The Morgan fingerprint density at radius 1 is 1.39 bits per heavy atom. The van der Waals surface area contributed by atoms with E-state index >= 15 is 0 Å². The van der Waals surface area contributed by atoms with E-state index in [1.807, 2.05) is 0 Å². The molecule has 0 bridgehead atoms. The molecule has 0 heterocycles. The lowest BCUT2D eigenvalue weighted by Crippen LogP contribution is -2.23. The minimum atomic E-state index is -0.587. The Labute approximate surface area is 106 Å². The number of hydrogen-bond donors (Lipinski definition) is 0. The molecule has 0 N–H and O–H groups in total. The third-order valence-electron chi connectivity index (χ3n) is 2.80. The second-order valence-electron chi connectivity index (χ2n) is 4.24. The molecule has 1 atom stereocenters. The Balaban J connectivity index is 3.06. The van der Waals surface area contributed by atoms with Gasteiger partial charge in [-0.2, -0.15) is 0 Å². The number of carbonyl (C=O) groups is 1. The predicted molar refractivity (Wildman–Crippen MR) is 68.0 cm³/mol. The molecule has 98 valence electrons. The molecule has 1 aromatic rings. The molecule has 0 radical (unpaired) electrons. The molecule has 0 aliphatic heterocycles. The summed E-state index contributed by atoms with van der Waals surface area (Å²) in [5.41, 5.74) is 1.37. The Morgan fingerprint density at radius 3 is 2.50 bits per heavy atom. The van der Waals surface area contributed by atoms with Crippen LogP contribution in [0.1, 0.15) is 31.4 Å². The molecule has 0 aliphatic carbocycles. The summed E-state index contributed by atoms with van der Waals surface area (Å²) < 4.78 is 5.49. The number of aryl methyl sites for hydroxylation is 2. The van der Waals surface area contributed by atoms with E-state index in [0.717, 1.165) is 5.56 Å². The van der Waals surface area contributed by atoms with Crippen LogP contribution in [0.3, 0.4) is 0 Å². The first kappa shape index (κ1) is 14.2. The summed E-state index contributed by atoms with van der Waals surface area (Å²) in [4.78, 5) is 21.8. The highest BCUT2D eigenvalue weighted by atomic mass is 16.6. The van der Waals surface area contributed by atoms with Crippen LogP contribution in [0.25, 0.3) is 0 Å². The predicted octanol–water partition coefficient (Wildman–Crippen LogP) is 2.96. The van der Waals surface area contributed by atoms with Crippen LogP contribution in [0.2, 0.25) is 0 Å². The number of nitrogens with zero attached hydrogens (tertiary/aromatic N) is 1. The van der Waals surface area contributed by atoms with Gasteiger partial charge in [0, 0.05) is 12.0 Å². The maximum atomic E-state index is 11.5. The number of hydrogen-bond acceptors (Lipinski definition) is 4. The van der Waals surface area contributed by atoms with Gasteiger partial charge < -0.3 is 4.74 Å². The maximum Gasteiger partial charge on any atom is 0.276 e. The number of rotatable bonds is 5. The van der Waals surface area contributed by atoms with Crippen LogP contribution in [0, 0.1) is 24.0 Å². The van der Waals surface area contributed by atoms with Crippen LogP contribution in [0.5, 0.6) is 5.75 Å². The number of ether oxygens (including phenoxy) is 1. The fourth-order valence-electron chi connectivity index (χ4n) is 1.69. The molecule has 18 heavy (non-hydrogen) atoms. The van der Waals surface area contributed by atoms with Crippen molar-refractivity contribution in [1.82, 2.24) is 0 Å². The molecule has 0 spiro atoms. The molecule has 1 aromatic carbocycles. The van der Waals surface area contributed by atoms with Crippen molar-refractivity contribution < 1.29 is 14.5 Å². The van der Waals surface area contributed by atoms with Gasteiger partial charge in [-0.3, -0.25) is 14.9 Å². The minimum absolute atomic E-state index is 0.00625. The third kappa shape index (κ3) is 3.06. The summed E-state index contributed by atoms with van der Waals surface area (Å²) in [6.07, 6.45) is -0.204. The standard InChI is InChI=1S/C13H17NO4/c1-5-12(15)10(4)18-13-7-11(14(16)17)8(2)6-9(13)3/h6-7,10H,5H2,1-4H3. The van der Waals surface area contributed by atoms with Crippen LogP contribution in [-0.2, 0) is 4.79 Å². The molecule has 0 amide bonds.